The lowest BCUT2D eigenvalue weighted by atomic mass is 10.1. The summed E-state index contributed by atoms with van der Waals surface area (Å²) in [5.74, 6) is 0.899. The highest BCUT2D eigenvalue weighted by Crippen LogP contribution is 2.31. The molecule has 1 aromatic rings. The van der Waals surface area contributed by atoms with Crippen molar-refractivity contribution >= 4 is 22.9 Å². The van der Waals surface area contributed by atoms with Gasteiger partial charge in [0.2, 0.25) is 0 Å². The van der Waals surface area contributed by atoms with Crippen molar-refractivity contribution in [3.63, 3.8) is 0 Å². The quantitative estimate of drug-likeness (QED) is 0.715. The second-order valence-corrected chi connectivity index (χ2v) is 3.94. The molecule has 0 fully saturated rings. The van der Waals surface area contributed by atoms with Crippen LogP contribution >= 0.6 is 12.2 Å². The van der Waals surface area contributed by atoms with Gasteiger partial charge < -0.3 is 10.1 Å². The molecular weight excluding hydrogens is 194 g/mol. The molecule has 74 valence electrons. The summed E-state index contributed by atoms with van der Waals surface area (Å²) in [5.41, 5.74) is 2.19. The second kappa shape index (κ2) is 3.58. The van der Waals surface area contributed by atoms with Gasteiger partial charge in [-0.3, -0.25) is 0 Å². The van der Waals surface area contributed by atoms with Crippen LogP contribution in [-0.4, -0.2) is 11.1 Å². The summed E-state index contributed by atoms with van der Waals surface area (Å²) in [6, 6.07) is 6.08. The summed E-state index contributed by atoms with van der Waals surface area (Å²) in [7, 11) is 0. The third kappa shape index (κ3) is 1.60. The lowest BCUT2D eigenvalue weighted by Gasteiger charge is -2.27. The Bertz CT molecular complexity index is 376. The Kier molecular flexibility index (Phi) is 2.42. The Hall–Kier alpha value is -1.09. The molecule has 0 spiro atoms. The Morgan fingerprint density at radius 2 is 2.29 bits per heavy atom. The highest BCUT2D eigenvalue weighted by Gasteiger charge is 2.22. The molecule has 0 saturated heterocycles. The van der Waals surface area contributed by atoms with E-state index in [1.165, 1.54) is 5.56 Å². The second-order valence-electron chi connectivity index (χ2n) is 3.50. The number of ether oxygens (including phenoxy) is 1. The molecule has 2 nitrogen and oxygen atoms in total. The zero-order valence-electron chi connectivity index (χ0n) is 8.33. The molecule has 0 bridgehead atoms. The summed E-state index contributed by atoms with van der Waals surface area (Å²) < 4.78 is 5.74. The molecule has 0 aromatic heterocycles. The van der Waals surface area contributed by atoms with Crippen molar-refractivity contribution in [3.05, 3.63) is 23.8 Å². The fourth-order valence-electron chi connectivity index (χ4n) is 1.53. The van der Waals surface area contributed by atoms with Crippen LogP contribution in [0.15, 0.2) is 18.2 Å². The van der Waals surface area contributed by atoms with Gasteiger partial charge in [0, 0.05) is 0 Å². The SMILES string of the molecule is CC[C@@H]1Oc2ccc(C)cc2NC1=S. The number of benzene rings is 1. The molecule has 0 aliphatic carbocycles. The smallest absolute Gasteiger partial charge is 0.149 e. The monoisotopic (exact) mass is 207 g/mol. The maximum atomic E-state index is 5.74. The first-order chi connectivity index (χ1) is 6.70. The van der Waals surface area contributed by atoms with Gasteiger partial charge >= 0.3 is 0 Å². The van der Waals surface area contributed by atoms with Gasteiger partial charge in [-0.05, 0) is 31.0 Å². The van der Waals surface area contributed by atoms with Crippen LogP contribution in [-0.2, 0) is 0 Å². The average molecular weight is 207 g/mol. The number of nitrogens with one attached hydrogen (secondary N) is 1. The molecule has 1 heterocycles. The molecule has 0 amide bonds. The van der Waals surface area contributed by atoms with Gasteiger partial charge in [-0.15, -0.1) is 0 Å². The van der Waals surface area contributed by atoms with Crippen LogP contribution in [0, 0.1) is 6.92 Å². The van der Waals surface area contributed by atoms with E-state index in [4.69, 9.17) is 17.0 Å². The number of hydrogen-bond acceptors (Lipinski definition) is 2. The number of fused-ring (bicyclic) bond motifs is 1. The molecule has 3 heteroatoms. The summed E-state index contributed by atoms with van der Waals surface area (Å²) in [6.45, 7) is 4.12. The molecular formula is C11H13NOS. The standard InChI is InChI=1S/C11H13NOS/c1-3-9-11(14)12-8-6-7(2)4-5-10(8)13-9/h4-6,9H,3H2,1-2H3,(H,12,14)/t9-/m0/s1. The highest BCUT2D eigenvalue weighted by molar-refractivity contribution is 7.80. The third-order valence-electron chi connectivity index (χ3n) is 2.33. The van der Waals surface area contributed by atoms with E-state index in [0.29, 0.717) is 0 Å². The van der Waals surface area contributed by atoms with Crippen molar-refractivity contribution in [2.75, 3.05) is 5.32 Å². The largest absolute Gasteiger partial charge is 0.481 e. The number of aryl methyl sites for hydroxylation is 1. The number of rotatable bonds is 1. The normalized spacial score (nSPS) is 19.6. The summed E-state index contributed by atoms with van der Waals surface area (Å²) in [6.07, 6.45) is 0.930. The van der Waals surface area contributed by atoms with Crippen molar-refractivity contribution in [3.8, 4) is 5.75 Å². The number of thiocarbonyl (C=S) groups is 1. The highest BCUT2D eigenvalue weighted by atomic mass is 32.1. The molecule has 1 aliphatic heterocycles. The van der Waals surface area contributed by atoms with Crippen LogP contribution < -0.4 is 10.1 Å². The van der Waals surface area contributed by atoms with Crippen molar-refractivity contribution in [1.29, 1.82) is 0 Å². The van der Waals surface area contributed by atoms with Crippen molar-refractivity contribution in [1.82, 2.24) is 0 Å². The van der Waals surface area contributed by atoms with Gasteiger partial charge in [-0.2, -0.15) is 0 Å². The minimum absolute atomic E-state index is 0.0280. The van der Waals surface area contributed by atoms with Crippen LogP contribution in [0.5, 0.6) is 5.75 Å². The minimum atomic E-state index is 0.0280. The van der Waals surface area contributed by atoms with E-state index in [1.807, 2.05) is 18.2 Å². The molecule has 0 saturated carbocycles. The molecule has 1 N–H and O–H groups in total. The fraction of sp³-hybridized carbons (Fsp3) is 0.364. The molecule has 1 aliphatic rings. The average Bonchev–Trinajstić information content (AvgIpc) is 2.16. The van der Waals surface area contributed by atoms with E-state index < -0.39 is 0 Å². The molecule has 14 heavy (non-hydrogen) atoms. The topological polar surface area (TPSA) is 21.3 Å². The predicted molar refractivity (Wildman–Crippen MR) is 62.1 cm³/mol. The molecule has 2 rings (SSSR count). The Morgan fingerprint density at radius 3 is 3.00 bits per heavy atom. The van der Waals surface area contributed by atoms with E-state index in [-0.39, 0.29) is 6.10 Å². The first-order valence-electron chi connectivity index (χ1n) is 4.79. The minimum Gasteiger partial charge on any atom is -0.481 e. The molecule has 1 atom stereocenters. The maximum absolute atomic E-state index is 5.74. The molecule has 0 radical (unpaired) electrons. The van der Waals surface area contributed by atoms with Gasteiger partial charge in [0.25, 0.3) is 0 Å². The lowest BCUT2D eigenvalue weighted by Crippen LogP contribution is -2.34. The lowest BCUT2D eigenvalue weighted by molar-refractivity contribution is 0.261. The van der Waals surface area contributed by atoms with Gasteiger partial charge in [-0.25, -0.2) is 0 Å². The van der Waals surface area contributed by atoms with Gasteiger partial charge in [0.05, 0.1) is 5.69 Å². The third-order valence-corrected chi connectivity index (χ3v) is 2.69. The van der Waals surface area contributed by atoms with E-state index in [2.05, 4.69) is 19.2 Å². The summed E-state index contributed by atoms with van der Waals surface area (Å²) >= 11 is 5.21. The van der Waals surface area contributed by atoms with Crippen LogP contribution in [0.3, 0.4) is 0 Å². The zero-order valence-corrected chi connectivity index (χ0v) is 9.15. The molecule has 0 unspecified atom stereocenters. The van der Waals surface area contributed by atoms with Crippen LogP contribution in [0.4, 0.5) is 5.69 Å². The number of anilines is 1. The van der Waals surface area contributed by atoms with Crippen molar-refractivity contribution in [2.45, 2.75) is 26.4 Å². The van der Waals surface area contributed by atoms with Crippen LogP contribution in [0.25, 0.3) is 0 Å². The molecule has 1 aromatic carbocycles. The maximum Gasteiger partial charge on any atom is 0.149 e. The van der Waals surface area contributed by atoms with Gasteiger partial charge in [-0.1, -0.05) is 25.2 Å². The Labute approximate surface area is 89.3 Å². The van der Waals surface area contributed by atoms with Crippen molar-refractivity contribution in [2.24, 2.45) is 0 Å². The van der Waals surface area contributed by atoms with Crippen LogP contribution in [0.1, 0.15) is 18.9 Å². The first-order valence-corrected chi connectivity index (χ1v) is 5.19. The van der Waals surface area contributed by atoms with E-state index in [9.17, 15) is 0 Å². The fourth-order valence-corrected chi connectivity index (χ4v) is 1.86. The zero-order chi connectivity index (χ0) is 10.1. The summed E-state index contributed by atoms with van der Waals surface area (Å²) in [4.78, 5) is 0.783. The summed E-state index contributed by atoms with van der Waals surface area (Å²) in [5, 5.41) is 3.21. The Morgan fingerprint density at radius 1 is 1.50 bits per heavy atom. The van der Waals surface area contributed by atoms with E-state index >= 15 is 0 Å². The van der Waals surface area contributed by atoms with Crippen LogP contribution in [0.2, 0.25) is 0 Å². The first kappa shape index (κ1) is 9.46. The predicted octanol–water partition coefficient (Wildman–Crippen LogP) is 2.91. The number of hydrogen-bond donors (Lipinski definition) is 1. The van der Waals surface area contributed by atoms with Gasteiger partial charge in [0.15, 0.2) is 0 Å². The van der Waals surface area contributed by atoms with Crippen molar-refractivity contribution < 1.29 is 4.74 Å². The van der Waals surface area contributed by atoms with E-state index in [0.717, 1.165) is 22.8 Å². The van der Waals surface area contributed by atoms with E-state index in [1.54, 1.807) is 0 Å². The Balaban J connectivity index is 2.35. The van der Waals surface area contributed by atoms with Gasteiger partial charge in [0.1, 0.15) is 16.8 Å².